The Labute approximate surface area is 150 Å². The summed E-state index contributed by atoms with van der Waals surface area (Å²) >= 11 is 0. The molecule has 0 radical (unpaired) electrons. The summed E-state index contributed by atoms with van der Waals surface area (Å²) in [5.41, 5.74) is 0.400. The number of hydrogen-bond donors (Lipinski definition) is 1. The first-order valence-corrected chi connectivity index (χ1v) is 7.42. The fourth-order valence-corrected chi connectivity index (χ4v) is 2.01. The number of anilines is 1. The van der Waals surface area contributed by atoms with E-state index in [1.165, 1.54) is 43.5 Å². The van der Waals surface area contributed by atoms with Crippen LogP contribution in [0.2, 0.25) is 0 Å². The van der Waals surface area contributed by atoms with Gasteiger partial charge >= 0.3 is 12.8 Å². The molecule has 0 bridgehead atoms. The fourth-order valence-electron chi connectivity index (χ4n) is 2.01. The van der Waals surface area contributed by atoms with Gasteiger partial charge in [-0.1, -0.05) is 0 Å². The van der Waals surface area contributed by atoms with Crippen LogP contribution in [0.4, 0.5) is 27.6 Å². The molecule has 0 unspecified atom stereocenters. The van der Waals surface area contributed by atoms with Gasteiger partial charge in [0.05, 0.1) is 7.11 Å². The maximum atomic E-state index is 12.3. The first kappa shape index (κ1) is 20.3. The van der Waals surface area contributed by atoms with E-state index in [2.05, 4.69) is 14.8 Å². The van der Waals surface area contributed by atoms with Crippen LogP contribution in [0, 0.1) is 0 Å². The molecular formula is C17H14F5NO4. The standard InChI is InChI=1S/C17H14F5NO4/c1-25-14-8-10(2-7-13(14)27-16(18)19)15(24)23-11-3-5-12(6-4-11)26-9-17(20,21)22/h2-8,16H,9H2,1H3,(H,23,24). The average Bonchev–Trinajstić information content (AvgIpc) is 2.60. The molecule has 0 aliphatic carbocycles. The summed E-state index contributed by atoms with van der Waals surface area (Å²) in [6.45, 7) is -4.47. The highest BCUT2D eigenvalue weighted by molar-refractivity contribution is 6.04. The van der Waals surface area contributed by atoms with Gasteiger partial charge < -0.3 is 19.5 Å². The van der Waals surface area contributed by atoms with Crippen molar-refractivity contribution in [2.75, 3.05) is 19.0 Å². The van der Waals surface area contributed by atoms with Crippen molar-refractivity contribution < 1.29 is 41.0 Å². The Bertz CT molecular complexity index is 778. The van der Waals surface area contributed by atoms with Gasteiger partial charge in [0.25, 0.3) is 5.91 Å². The molecular weight excluding hydrogens is 377 g/mol. The molecule has 0 saturated heterocycles. The second-order valence-electron chi connectivity index (χ2n) is 5.13. The van der Waals surface area contributed by atoms with Crippen LogP contribution in [0.15, 0.2) is 42.5 Å². The molecule has 2 aromatic carbocycles. The number of methoxy groups -OCH3 is 1. The minimum absolute atomic E-state index is 0.0134. The van der Waals surface area contributed by atoms with E-state index in [4.69, 9.17) is 4.74 Å². The molecule has 2 aromatic rings. The smallest absolute Gasteiger partial charge is 0.422 e. The van der Waals surface area contributed by atoms with Crippen molar-refractivity contribution in [2.45, 2.75) is 12.8 Å². The van der Waals surface area contributed by atoms with E-state index in [1.54, 1.807) is 0 Å². The highest BCUT2D eigenvalue weighted by Gasteiger charge is 2.28. The second-order valence-corrected chi connectivity index (χ2v) is 5.13. The molecule has 1 N–H and O–H groups in total. The summed E-state index contributed by atoms with van der Waals surface area (Å²) in [4.78, 5) is 12.2. The lowest BCUT2D eigenvalue weighted by Crippen LogP contribution is -2.19. The van der Waals surface area contributed by atoms with E-state index in [0.29, 0.717) is 5.69 Å². The minimum atomic E-state index is -4.45. The molecule has 0 saturated carbocycles. The van der Waals surface area contributed by atoms with Gasteiger partial charge in [0.2, 0.25) is 0 Å². The van der Waals surface area contributed by atoms with Crippen LogP contribution in [-0.4, -0.2) is 32.4 Å². The highest BCUT2D eigenvalue weighted by atomic mass is 19.4. The van der Waals surface area contributed by atoms with Gasteiger partial charge in [-0.05, 0) is 42.5 Å². The number of carbonyl (C=O) groups excluding carboxylic acids is 1. The molecule has 0 aromatic heterocycles. The van der Waals surface area contributed by atoms with E-state index in [9.17, 15) is 26.7 Å². The molecule has 10 heteroatoms. The Morgan fingerprint density at radius 1 is 1.07 bits per heavy atom. The molecule has 1 amide bonds. The third-order valence-electron chi connectivity index (χ3n) is 3.16. The van der Waals surface area contributed by atoms with Gasteiger partial charge in [-0.2, -0.15) is 22.0 Å². The van der Waals surface area contributed by atoms with Crippen LogP contribution in [-0.2, 0) is 0 Å². The molecule has 0 fully saturated rings. The Morgan fingerprint density at radius 2 is 1.74 bits per heavy atom. The third-order valence-corrected chi connectivity index (χ3v) is 3.16. The number of ether oxygens (including phenoxy) is 3. The van der Waals surface area contributed by atoms with Crippen LogP contribution in [0.5, 0.6) is 17.2 Å². The van der Waals surface area contributed by atoms with Gasteiger partial charge in [0, 0.05) is 11.3 Å². The molecule has 0 atom stereocenters. The molecule has 5 nitrogen and oxygen atoms in total. The zero-order chi connectivity index (χ0) is 20.0. The van der Waals surface area contributed by atoms with Crippen molar-refractivity contribution >= 4 is 11.6 Å². The van der Waals surface area contributed by atoms with Crippen LogP contribution < -0.4 is 19.5 Å². The number of alkyl halides is 5. The van der Waals surface area contributed by atoms with Gasteiger partial charge in [-0.15, -0.1) is 0 Å². The summed E-state index contributed by atoms with van der Waals surface area (Å²) in [6, 6.07) is 8.88. The average molecular weight is 391 g/mol. The SMILES string of the molecule is COc1cc(C(=O)Nc2ccc(OCC(F)(F)F)cc2)ccc1OC(F)F. The van der Waals surface area contributed by atoms with Crippen LogP contribution in [0.25, 0.3) is 0 Å². The fraction of sp³-hybridized carbons (Fsp3) is 0.235. The van der Waals surface area contributed by atoms with Crippen LogP contribution in [0.1, 0.15) is 10.4 Å². The zero-order valence-corrected chi connectivity index (χ0v) is 13.8. The number of benzene rings is 2. The number of amides is 1. The van der Waals surface area contributed by atoms with Gasteiger partial charge in [0.1, 0.15) is 5.75 Å². The summed E-state index contributed by atoms with van der Waals surface area (Å²) in [6.07, 6.45) is -4.45. The number of hydrogen-bond acceptors (Lipinski definition) is 4. The van der Waals surface area contributed by atoms with Crippen molar-refractivity contribution in [3.05, 3.63) is 48.0 Å². The van der Waals surface area contributed by atoms with Gasteiger partial charge in [-0.3, -0.25) is 4.79 Å². The number of nitrogens with one attached hydrogen (secondary N) is 1. The summed E-state index contributed by atoms with van der Waals surface area (Å²) in [5.74, 6) is -0.879. The van der Waals surface area contributed by atoms with Crippen LogP contribution >= 0.6 is 0 Å². The van der Waals surface area contributed by atoms with Gasteiger partial charge in [-0.25, -0.2) is 0 Å². The maximum absolute atomic E-state index is 12.3. The van der Waals surface area contributed by atoms with E-state index in [1.807, 2.05) is 0 Å². The predicted molar refractivity (Wildman–Crippen MR) is 85.6 cm³/mol. The first-order chi connectivity index (χ1) is 12.7. The Morgan fingerprint density at radius 3 is 2.30 bits per heavy atom. The third kappa shape index (κ3) is 6.32. The zero-order valence-electron chi connectivity index (χ0n) is 13.8. The Balaban J connectivity index is 2.04. The molecule has 0 heterocycles. The number of rotatable bonds is 7. The van der Waals surface area contributed by atoms with E-state index >= 15 is 0 Å². The predicted octanol–water partition coefficient (Wildman–Crippen LogP) is 4.49. The van der Waals surface area contributed by atoms with Gasteiger partial charge in [0.15, 0.2) is 18.1 Å². The Hall–Kier alpha value is -3.04. The molecule has 27 heavy (non-hydrogen) atoms. The highest BCUT2D eigenvalue weighted by Crippen LogP contribution is 2.30. The second kappa shape index (κ2) is 8.56. The summed E-state index contributed by atoms with van der Waals surface area (Å²) in [7, 11) is 1.23. The van der Waals surface area contributed by atoms with Crippen molar-refractivity contribution in [3.8, 4) is 17.2 Å². The Kier molecular flexibility index (Phi) is 6.43. The van der Waals surface area contributed by atoms with Crippen molar-refractivity contribution in [1.82, 2.24) is 0 Å². The van der Waals surface area contributed by atoms with Crippen molar-refractivity contribution in [1.29, 1.82) is 0 Å². The van der Waals surface area contributed by atoms with E-state index in [0.717, 1.165) is 6.07 Å². The normalized spacial score (nSPS) is 11.2. The lowest BCUT2D eigenvalue weighted by molar-refractivity contribution is -0.153. The maximum Gasteiger partial charge on any atom is 0.422 e. The molecule has 0 spiro atoms. The van der Waals surface area contributed by atoms with Crippen LogP contribution in [0.3, 0.4) is 0 Å². The lowest BCUT2D eigenvalue weighted by Gasteiger charge is -2.12. The minimum Gasteiger partial charge on any atom is -0.493 e. The lowest BCUT2D eigenvalue weighted by atomic mass is 10.2. The topological polar surface area (TPSA) is 56.8 Å². The largest absolute Gasteiger partial charge is 0.493 e. The van der Waals surface area contributed by atoms with Crippen molar-refractivity contribution in [3.63, 3.8) is 0 Å². The first-order valence-electron chi connectivity index (χ1n) is 7.42. The summed E-state index contributed by atoms with van der Waals surface area (Å²) < 4.78 is 74.6. The summed E-state index contributed by atoms with van der Waals surface area (Å²) in [5, 5.41) is 2.51. The van der Waals surface area contributed by atoms with E-state index < -0.39 is 25.3 Å². The van der Waals surface area contributed by atoms with Crippen molar-refractivity contribution in [2.24, 2.45) is 0 Å². The molecule has 0 aliphatic heterocycles. The molecule has 146 valence electrons. The van der Waals surface area contributed by atoms with E-state index in [-0.39, 0.29) is 22.8 Å². The number of carbonyl (C=O) groups is 1. The molecule has 2 rings (SSSR count). The quantitative estimate of drug-likeness (QED) is 0.707. The number of halogens is 5. The monoisotopic (exact) mass is 391 g/mol. The molecule has 0 aliphatic rings.